The second kappa shape index (κ2) is 8.43. The third-order valence-electron chi connectivity index (χ3n) is 4.67. The molecule has 1 aliphatic rings. The Morgan fingerprint density at radius 2 is 1.93 bits per heavy atom. The van der Waals surface area contributed by atoms with Crippen LogP contribution in [0.2, 0.25) is 0 Å². The molecule has 1 aromatic carbocycles. The summed E-state index contributed by atoms with van der Waals surface area (Å²) in [6.07, 6.45) is 2.72. The second-order valence-electron chi connectivity index (χ2n) is 7.20. The molecule has 0 spiro atoms. The topological polar surface area (TPSA) is 69.6 Å². The Balaban J connectivity index is 0.00000280. The van der Waals surface area contributed by atoms with E-state index in [1.165, 1.54) is 6.07 Å². The number of aliphatic hydroxyl groups excluding tert-OH is 1. The van der Waals surface area contributed by atoms with Gasteiger partial charge in [-0.1, -0.05) is 26.0 Å². The van der Waals surface area contributed by atoms with E-state index in [1.54, 1.807) is 35.5 Å². The van der Waals surface area contributed by atoms with Crippen molar-refractivity contribution < 1.29 is 15.7 Å². The Bertz CT molecular complexity index is 797. The predicted molar refractivity (Wildman–Crippen MR) is 104 cm³/mol. The molecule has 146 valence electrons. The van der Waals surface area contributed by atoms with Gasteiger partial charge in [0.1, 0.15) is 17.7 Å². The van der Waals surface area contributed by atoms with E-state index < -0.39 is 6.10 Å². The van der Waals surface area contributed by atoms with E-state index in [2.05, 4.69) is 9.97 Å². The highest BCUT2D eigenvalue weighted by molar-refractivity contribution is 5.81. The van der Waals surface area contributed by atoms with Gasteiger partial charge in [0.15, 0.2) is 0 Å². The average Bonchev–Trinajstić information content (AvgIpc) is 2.67. The molecular formula is C20H27FN4O2. The van der Waals surface area contributed by atoms with Crippen LogP contribution in [-0.2, 0) is 4.79 Å². The molecule has 27 heavy (non-hydrogen) atoms. The number of nitrogens with zero attached hydrogens (tertiary/aromatic N) is 4. The van der Waals surface area contributed by atoms with Crippen molar-refractivity contribution in [3.8, 4) is 11.3 Å². The Kier molecular flexibility index (Phi) is 6.01. The van der Waals surface area contributed by atoms with Gasteiger partial charge in [-0.25, -0.2) is 9.37 Å². The second-order valence-corrected chi connectivity index (χ2v) is 7.20. The van der Waals surface area contributed by atoms with Gasteiger partial charge in [-0.05, 0) is 24.5 Å². The molecule has 1 aromatic heterocycles. The number of aromatic nitrogens is 2. The summed E-state index contributed by atoms with van der Waals surface area (Å²) in [4.78, 5) is 24.8. The number of piperazine rings is 1. The Morgan fingerprint density at radius 3 is 2.59 bits per heavy atom. The highest BCUT2D eigenvalue weighted by atomic mass is 19.1. The largest absolute Gasteiger partial charge is 0.383 e. The number of amides is 1. The van der Waals surface area contributed by atoms with Crippen molar-refractivity contribution >= 4 is 11.7 Å². The summed E-state index contributed by atoms with van der Waals surface area (Å²) in [6.45, 7) is 6.18. The minimum atomic E-state index is -0.944. The molecule has 6 nitrogen and oxygen atoms in total. The molecule has 1 N–H and O–H groups in total. The summed E-state index contributed by atoms with van der Waals surface area (Å²) < 4.78 is 14.0. The normalized spacial score (nSPS) is 15.9. The summed E-state index contributed by atoms with van der Waals surface area (Å²) in [6, 6.07) is 6.48. The fourth-order valence-corrected chi connectivity index (χ4v) is 3.22. The lowest BCUT2D eigenvalue weighted by Gasteiger charge is -2.36. The number of aliphatic hydroxyl groups is 1. The van der Waals surface area contributed by atoms with Crippen molar-refractivity contribution in [1.82, 2.24) is 14.9 Å². The van der Waals surface area contributed by atoms with Gasteiger partial charge in [-0.2, -0.15) is 0 Å². The van der Waals surface area contributed by atoms with Gasteiger partial charge in [0.2, 0.25) is 0 Å². The Labute approximate surface area is 160 Å². The zero-order valence-corrected chi connectivity index (χ0v) is 15.7. The number of hydrogen-bond acceptors (Lipinski definition) is 5. The van der Waals surface area contributed by atoms with Crippen molar-refractivity contribution in [3.05, 3.63) is 42.5 Å². The lowest BCUT2D eigenvalue weighted by Crippen LogP contribution is -2.51. The highest BCUT2D eigenvalue weighted by Crippen LogP contribution is 2.23. The van der Waals surface area contributed by atoms with E-state index in [9.17, 15) is 14.3 Å². The smallest absolute Gasteiger partial charge is 0.251 e. The number of carbonyl (C=O) groups is 1. The molecule has 0 saturated carbocycles. The van der Waals surface area contributed by atoms with Gasteiger partial charge < -0.3 is 14.9 Å². The molecule has 1 fully saturated rings. The molecule has 2 aromatic rings. The summed E-state index contributed by atoms with van der Waals surface area (Å²) in [5.41, 5.74) is 0.897. The van der Waals surface area contributed by atoms with Crippen LogP contribution in [0.4, 0.5) is 10.2 Å². The third kappa shape index (κ3) is 4.60. The van der Waals surface area contributed by atoms with Crippen LogP contribution in [0, 0.1) is 11.7 Å². The molecule has 0 aliphatic carbocycles. The van der Waals surface area contributed by atoms with E-state index >= 15 is 0 Å². The third-order valence-corrected chi connectivity index (χ3v) is 4.67. The molecule has 0 unspecified atom stereocenters. The van der Waals surface area contributed by atoms with Gasteiger partial charge in [-0.15, -0.1) is 0 Å². The van der Waals surface area contributed by atoms with Crippen LogP contribution in [0.3, 0.4) is 0 Å². The molecule has 1 aliphatic heterocycles. The number of benzene rings is 1. The van der Waals surface area contributed by atoms with Crippen LogP contribution in [0.25, 0.3) is 11.3 Å². The molecule has 7 heteroatoms. The zero-order valence-electron chi connectivity index (χ0n) is 15.7. The predicted octanol–water partition coefficient (Wildman–Crippen LogP) is 2.58. The van der Waals surface area contributed by atoms with Crippen LogP contribution in [0.5, 0.6) is 0 Å². The number of hydrogen-bond donors (Lipinski definition) is 1. The molecule has 3 rings (SSSR count). The van der Waals surface area contributed by atoms with E-state index in [4.69, 9.17) is 0 Å². The van der Waals surface area contributed by atoms with Gasteiger partial charge in [0.25, 0.3) is 5.91 Å². The van der Waals surface area contributed by atoms with Gasteiger partial charge in [0, 0.05) is 33.2 Å². The van der Waals surface area contributed by atoms with Crippen LogP contribution in [-0.4, -0.2) is 58.2 Å². The van der Waals surface area contributed by atoms with Crippen molar-refractivity contribution in [3.63, 3.8) is 0 Å². The number of halogens is 1. The lowest BCUT2D eigenvalue weighted by molar-refractivity contribution is -0.141. The Hall–Kier alpha value is -2.54. The van der Waals surface area contributed by atoms with E-state index in [-0.39, 0.29) is 19.1 Å². The monoisotopic (exact) mass is 374 g/mol. The fraction of sp³-hybridized carbons (Fsp3) is 0.450. The van der Waals surface area contributed by atoms with Crippen LogP contribution >= 0.6 is 0 Å². The van der Waals surface area contributed by atoms with Crippen molar-refractivity contribution in [1.29, 1.82) is 0 Å². The quantitative estimate of drug-likeness (QED) is 0.871. The molecule has 0 bridgehead atoms. The van der Waals surface area contributed by atoms with E-state index in [0.717, 1.165) is 0 Å². The minimum Gasteiger partial charge on any atom is -0.383 e. The number of rotatable bonds is 5. The standard InChI is InChI=1S/C20H25FN4O2.H2/c1-14(2)11-18(26)20(27)25-9-7-24(8-10-25)19-13-22-12-17(23-19)15-5-3-4-6-16(15)21;/h3-6,12-14,18,26H,7-11H2,1-2H3;1H/t18-;/m1./s1. The average molecular weight is 374 g/mol. The summed E-state index contributed by atoms with van der Waals surface area (Å²) in [7, 11) is 0. The Morgan fingerprint density at radius 1 is 1.22 bits per heavy atom. The van der Waals surface area contributed by atoms with Crippen molar-refractivity contribution in [2.24, 2.45) is 5.92 Å². The maximum absolute atomic E-state index is 14.0. The van der Waals surface area contributed by atoms with Gasteiger partial charge in [-0.3, -0.25) is 9.78 Å². The molecular weight excluding hydrogens is 347 g/mol. The van der Waals surface area contributed by atoms with Crippen molar-refractivity contribution in [2.75, 3.05) is 31.1 Å². The highest BCUT2D eigenvalue weighted by Gasteiger charge is 2.27. The first-order chi connectivity index (χ1) is 13.0. The summed E-state index contributed by atoms with van der Waals surface area (Å²) >= 11 is 0. The first-order valence-electron chi connectivity index (χ1n) is 9.24. The summed E-state index contributed by atoms with van der Waals surface area (Å²) in [5.74, 6) is 0.375. The first-order valence-corrected chi connectivity index (χ1v) is 9.24. The molecule has 1 saturated heterocycles. The SMILES string of the molecule is CC(C)C[C@@H](O)C(=O)N1CCN(c2cncc(-c3ccccc3F)n2)CC1.[HH]. The first kappa shape index (κ1) is 19.2. The molecule has 0 radical (unpaired) electrons. The maximum Gasteiger partial charge on any atom is 0.251 e. The minimum absolute atomic E-state index is 0. The number of anilines is 1. The summed E-state index contributed by atoms with van der Waals surface area (Å²) in [5, 5.41) is 10.0. The van der Waals surface area contributed by atoms with E-state index in [1.807, 2.05) is 18.7 Å². The lowest BCUT2D eigenvalue weighted by atomic mass is 10.0. The zero-order chi connectivity index (χ0) is 19.4. The number of carbonyl (C=O) groups excluding carboxylic acids is 1. The van der Waals surface area contributed by atoms with Gasteiger partial charge in [0.05, 0.1) is 18.1 Å². The van der Waals surface area contributed by atoms with Crippen LogP contribution < -0.4 is 4.90 Å². The van der Waals surface area contributed by atoms with Crippen molar-refractivity contribution in [2.45, 2.75) is 26.4 Å². The maximum atomic E-state index is 14.0. The molecule has 1 amide bonds. The fourth-order valence-electron chi connectivity index (χ4n) is 3.22. The van der Waals surface area contributed by atoms with Crippen LogP contribution in [0.15, 0.2) is 36.7 Å². The molecule has 1 atom stereocenters. The molecule has 2 heterocycles. The van der Waals surface area contributed by atoms with Gasteiger partial charge >= 0.3 is 0 Å². The van der Waals surface area contributed by atoms with Crippen LogP contribution in [0.1, 0.15) is 21.7 Å². The van der Waals surface area contributed by atoms with E-state index in [0.29, 0.717) is 49.7 Å².